The van der Waals surface area contributed by atoms with E-state index < -0.39 is 24.1 Å². The number of benzene rings is 3. The maximum atomic E-state index is 12.7. The molecular weight excluding hydrogens is 464 g/mol. The van der Waals surface area contributed by atoms with Gasteiger partial charge in [-0.1, -0.05) is 18.2 Å². The van der Waals surface area contributed by atoms with Gasteiger partial charge < -0.3 is 20.4 Å². The van der Waals surface area contributed by atoms with Crippen molar-refractivity contribution < 1.29 is 35.9 Å². The van der Waals surface area contributed by atoms with Gasteiger partial charge in [0.1, 0.15) is 5.75 Å². The van der Waals surface area contributed by atoms with Crippen LogP contribution in [0.25, 0.3) is 22.0 Å². The van der Waals surface area contributed by atoms with Crippen LogP contribution in [0.15, 0.2) is 72.9 Å². The highest BCUT2D eigenvalue weighted by molar-refractivity contribution is 6.06. The molecule has 0 saturated carbocycles. The summed E-state index contributed by atoms with van der Waals surface area (Å²) >= 11 is 0. The first kappa shape index (κ1) is 23.0. The Morgan fingerprint density at radius 2 is 1.53 bits per heavy atom. The number of anilines is 2. The fourth-order valence-corrected chi connectivity index (χ4v) is 3.30. The number of ether oxygens (including phenoxy) is 1. The first-order valence-corrected chi connectivity index (χ1v) is 9.70. The van der Waals surface area contributed by atoms with Crippen molar-refractivity contribution >= 4 is 28.3 Å². The van der Waals surface area contributed by atoms with Crippen molar-refractivity contribution in [3.8, 4) is 16.9 Å². The quantitative estimate of drug-likeness (QED) is 0.267. The van der Waals surface area contributed by atoms with E-state index in [4.69, 9.17) is 0 Å². The Morgan fingerprint density at radius 1 is 0.824 bits per heavy atom. The number of amides is 2. The lowest BCUT2D eigenvalue weighted by Gasteiger charge is -2.11. The first-order chi connectivity index (χ1) is 16.0. The third-order valence-corrected chi connectivity index (χ3v) is 4.80. The molecule has 0 saturated heterocycles. The average Bonchev–Trinajstić information content (AvgIpc) is 3.14. The van der Waals surface area contributed by atoms with Crippen molar-refractivity contribution in [3.63, 3.8) is 0 Å². The van der Waals surface area contributed by atoms with Crippen LogP contribution in [0.5, 0.6) is 5.75 Å². The third kappa shape index (κ3) is 5.42. The van der Waals surface area contributed by atoms with Crippen LogP contribution in [0.2, 0.25) is 0 Å². The minimum Gasteiger partial charge on any atom is -0.406 e. The molecule has 0 bridgehead atoms. The van der Waals surface area contributed by atoms with Crippen LogP contribution >= 0.6 is 0 Å². The molecule has 4 rings (SSSR count). The largest absolute Gasteiger partial charge is 0.573 e. The predicted molar refractivity (Wildman–Crippen MR) is 115 cm³/mol. The number of hydrogen-bond acceptors (Lipinski definition) is 2. The van der Waals surface area contributed by atoms with Crippen LogP contribution in [-0.4, -0.2) is 17.4 Å². The maximum absolute atomic E-state index is 12.7. The molecule has 1 aromatic heterocycles. The number of carbonyl (C=O) groups excluding carboxylic acids is 1. The monoisotopic (exact) mass is 479 g/mol. The number of hydrogen-bond donors (Lipinski definition) is 3. The van der Waals surface area contributed by atoms with E-state index in [1.807, 2.05) is 0 Å². The summed E-state index contributed by atoms with van der Waals surface area (Å²) in [6, 6.07) is 13.8. The van der Waals surface area contributed by atoms with E-state index in [1.165, 1.54) is 24.4 Å². The third-order valence-electron chi connectivity index (χ3n) is 4.80. The second-order valence-electron chi connectivity index (χ2n) is 7.19. The highest BCUT2D eigenvalue weighted by Gasteiger charge is 2.31. The van der Waals surface area contributed by atoms with Crippen molar-refractivity contribution in [1.29, 1.82) is 0 Å². The summed E-state index contributed by atoms with van der Waals surface area (Å²) in [5.41, 5.74) is 1.37. The van der Waals surface area contributed by atoms with Gasteiger partial charge in [-0.25, -0.2) is 4.79 Å². The highest BCUT2D eigenvalue weighted by Crippen LogP contribution is 2.33. The summed E-state index contributed by atoms with van der Waals surface area (Å²) < 4.78 is 79.5. The van der Waals surface area contributed by atoms with Gasteiger partial charge in [-0.3, -0.25) is 0 Å². The molecule has 5 nitrogen and oxygen atoms in total. The lowest BCUT2D eigenvalue weighted by molar-refractivity contribution is -0.274. The van der Waals surface area contributed by atoms with Gasteiger partial charge in [-0.05, 0) is 59.7 Å². The molecule has 0 fully saturated rings. The number of carbonyl (C=O) groups is 1. The number of alkyl halides is 6. The lowest BCUT2D eigenvalue weighted by Crippen LogP contribution is -2.19. The van der Waals surface area contributed by atoms with Crippen LogP contribution < -0.4 is 15.4 Å². The van der Waals surface area contributed by atoms with Crippen LogP contribution in [0, 0.1) is 0 Å². The van der Waals surface area contributed by atoms with Crippen molar-refractivity contribution in [2.45, 2.75) is 12.5 Å². The molecule has 0 unspecified atom stereocenters. The van der Waals surface area contributed by atoms with Gasteiger partial charge in [-0.2, -0.15) is 13.2 Å². The normalized spacial score (nSPS) is 11.9. The van der Waals surface area contributed by atoms with Gasteiger partial charge in [0.05, 0.1) is 11.3 Å². The molecule has 0 aliphatic heterocycles. The standard InChI is InChI=1S/C23H15F6N3O2/c24-22(25,26)15-5-7-16(8-6-15)31-21(33)32-20-12-30-19-9-4-14(11-18(19)20)13-2-1-3-17(10-13)34-23(27,28)29/h1-12,30H,(H2,31,32,33). The fraction of sp³-hybridized carbons (Fsp3) is 0.0870. The summed E-state index contributed by atoms with van der Waals surface area (Å²) in [6.07, 6.45) is -7.79. The molecule has 0 radical (unpaired) electrons. The van der Waals surface area contributed by atoms with Gasteiger partial charge in [0.25, 0.3) is 0 Å². The Labute approximate surface area is 188 Å². The molecule has 0 atom stereocenters. The second-order valence-corrected chi connectivity index (χ2v) is 7.19. The number of halogens is 6. The first-order valence-electron chi connectivity index (χ1n) is 9.70. The minimum absolute atomic E-state index is 0.160. The highest BCUT2D eigenvalue weighted by atomic mass is 19.4. The molecule has 4 aromatic rings. The molecular formula is C23H15F6N3O2. The van der Waals surface area contributed by atoms with E-state index in [9.17, 15) is 31.1 Å². The summed E-state index contributed by atoms with van der Waals surface area (Å²) in [6.45, 7) is 0. The van der Waals surface area contributed by atoms with Crippen LogP contribution in [0.3, 0.4) is 0 Å². The summed E-state index contributed by atoms with van der Waals surface area (Å²) in [4.78, 5) is 15.3. The zero-order valence-corrected chi connectivity index (χ0v) is 17.0. The Kier molecular flexibility index (Phi) is 5.86. The molecule has 0 aliphatic carbocycles. The number of aromatic amines is 1. The van der Waals surface area contributed by atoms with Crippen molar-refractivity contribution in [1.82, 2.24) is 4.98 Å². The number of nitrogens with one attached hydrogen (secondary N) is 3. The van der Waals surface area contributed by atoms with E-state index in [2.05, 4.69) is 20.4 Å². The van der Waals surface area contributed by atoms with E-state index >= 15 is 0 Å². The number of fused-ring (bicyclic) bond motifs is 1. The van der Waals surface area contributed by atoms with Gasteiger partial charge >= 0.3 is 18.6 Å². The van der Waals surface area contributed by atoms with E-state index in [0.717, 1.165) is 24.3 Å². The molecule has 0 aliphatic rings. The van der Waals surface area contributed by atoms with Gasteiger partial charge in [-0.15, -0.1) is 13.2 Å². The molecule has 11 heteroatoms. The number of rotatable bonds is 4. The molecule has 0 spiro atoms. The lowest BCUT2D eigenvalue weighted by atomic mass is 10.0. The maximum Gasteiger partial charge on any atom is 0.573 e. The summed E-state index contributed by atoms with van der Waals surface area (Å²) in [7, 11) is 0. The Morgan fingerprint density at radius 3 is 2.21 bits per heavy atom. The molecule has 3 N–H and O–H groups in total. The van der Waals surface area contributed by atoms with E-state index in [-0.39, 0.29) is 11.4 Å². The molecule has 3 aromatic carbocycles. The van der Waals surface area contributed by atoms with Gasteiger partial charge in [0.2, 0.25) is 0 Å². The van der Waals surface area contributed by atoms with Gasteiger partial charge in [0, 0.05) is 22.8 Å². The van der Waals surface area contributed by atoms with Crippen LogP contribution in [0.1, 0.15) is 5.56 Å². The topological polar surface area (TPSA) is 66.2 Å². The predicted octanol–water partition coefficient (Wildman–Crippen LogP) is 7.40. The van der Waals surface area contributed by atoms with E-state index in [0.29, 0.717) is 27.7 Å². The SMILES string of the molecule is O=C(Nc1ccc(C(F)(F)F)cc1)Nc1c[nH]c2ccc(-c3cccc(OC(F)(F)F)c3)cc12. The van der Waals surface area contributed by atoms with Crippen LogP contribution in [-0.2, 0) is 6.18 Å². The van der Waals surface area contributed by atoms with Crippen molar-refractivity contribution in [2.24, 2.45) is 0 Å². The summed E-state index contributed by atoms with van der Waals surface area (Å²) in [5.74, 6) is -0.367. The molecule has 34 heavy (non-hydrogen) atoms. The molecule has 1 heterocycles. The molecule has 2 amide bonds. The zero-order valence-electron chi connectivity index (χ0n) is 17.0. The van der Waals surface area contributed by atoms with Crippen molar-refractivity contribution in [2.75, 3.05) is 10.6 Å². The minimum atomic E-state index is -4.82. The number of aromatic nitrogens is 1. The fourth-order valence-electron chi connectivity index (χ4n) is 3.30. The van der Waals surface area contributed by atoms with Crippen molar-refractivity contribution in [3.05, 3.63) is 78.5 Å². The number of H-pyrrole nitrogens is 1. The zero-order chi connectivity index (χ0) is 24.5. The Balaban J connectivity index is 1.53. The summed E-state index contributed by atoms with van der Waals surface area (Å²) in [5, 5.41) is 5.62. The second kappa shape index (κ2) is 8.65. The van der Waals surface area contributed by atoms with Gasteiger partial charge in [0.15, 0.2) is 0 Å². The number of urea groups is 1. The average molecular weight is 479 g/mol. The van der Waals surface area contributed by atoms with E-state index in [1.54, 1.807) is 24.3 Å². The molecule has 176 valence electrons. The Bertz CT molecular complexity index is 1330. The smallest absolute Gasteiger partial charge is 0.406 e. The van der Waals surface area contributed by atoms with Crippen LogP contribution in [0.4, 0.5) is 42.5 Å². The Hall–Kier alpha value is -4.15.